The fraction of sp³-hybridized carbons (Fsp3) is 0.440. The second-order valence-electron chi connectivity index (χ2n) is 8.86. The van der Waals surface area contributed by atoms with E-state index in [0.29, 0.717) is 13.0 Å². The number of ether oxygens (including phenoxy) is 2. The SMILES string of the molecule is CCn1c(-c2cc(O)cnc2[C@H](C)OC)c(CC(C)(C)COC(C)=O)c2cc(Br)ccc21. The molecule has 1 atom stereocenters. The molecule has 0 radical (unpaired) electrons. The summed E-state index contributed by atoms with van der Waals surface area (Å²) in [5, 5.41) is 11.4. The molecule has 0 amide bonds. The molecule has 2 aromatic heterocycles. The lowest BCUT2D eigenvalue weighted by Crippen LogP contribution is -2.24. The van der Waals surface area contributed by atoms with Crippen molar-refractivity contribution in [2.45, 2.75) is 53.7 Å². The number of carbonyl (C=O) groups excluding carboxylic acids is 1. The molecule has 1 aromatic carbocycles. The van der Waals surface area contributed by atoms with Crippen LogP contribution in [0, 0.1) is 5.41 Å². The predicted octanol–water partition coefficient (Wildman–Crippen LogP) is 6.03. The second-order valence-corrected chi connectivity index (χ2v) is 9.77. The van der Waals surface area contributed by atoms with Crippen molar-refractivity contribution >= 4 is 32.8 Å². The minimum absolute atomic E-state index is 0.103. The number of pyridine rings is 1. The van der Waals surface area contributed by atoms with E-state index in [1.54, 1.807) is 13.2 Å². The minimum atomic E-state index is -0.299. The molecule has 7 heteroatoms. The van der Waals surface area contributed by atoms with E-state index in [9.17, 15) is 9.90 Å². The fourth-order valence-electron chi connectivity index (χ4n) is 4.13. The number of hydrogen-bond donors (Lipinski definition) is 1. The molecule has 6 nitrogen and oxygen atoms in total. The van der Waals surface area contributed by atoms with Crippen LogP contribution in [0.2, 0.25) is 0 Å². The summed E-state index contributed by atoms with van der Waals surface area (Å²) in [6, 6.07) is 8.02. The van der Waals surface area contributed by atoms with Gasteiger partial charge in [0.1, 0.15) is 5.75 Å². The molecule has 0 aliphatic rings. The number of hydrogen-bond acceptors (Lipinski definition) is 5. The van der Waals surface area contributed by atoms with Crippen molar-refractivity contribution in [3.05, 3.63) is 46.2 Å². The first-order chi connectivity index (χ1) is 15.1. The molecule has 3 rings (SSSR count). The van der Waals surface area contributed by atoms with E-state index < -0.39 is 0 Å². The summed E-state index contributed by atoms with van der Waals surface area (Å²) in [5.41, 5.74) is 4.53. The third-order valence-corrected chi connectivity index (χ3v) is 6.16. The maximum absolute atomic E-state index is 11.4. The number of rotatable bonds is 8. The van der Waals surface area contributed by atoms with Crippen LogP contribution in [0.5, 0.6) is 5.75 Å². The Morgan fingerprint density at radius 2 is 2.03 bits per heavy atom. The van der Waals surface area contributed by atoms with Crippen molar-refractivity contribution in [3.8, 4) is 17.0 Å². The molecule has 0 saturated heterocycles. The number of halogens is 1. The minimum Gasteiger partial charge on any atom is -0.506 e. The lowest BCUT2D eigenvalue weighted by molar-refractivity contribution is -0.143. The van der Waals surface area contributed by atoms with Gasteiger partial charge in [-0.3, -0.25) is 9.78 Å². The highest BCUT2D eigenvalue weighted by Gasteiger charge is 2.29. The molecule has 0 aliphatic heterocycles. The van der Waals surface area contributed by atoms with Crippen LogP contribution >= 0.6 is 15.9 Å². The van der Waals surface area contributed by atoms with Gasteiger partial charge in [-0.2, -0.15) is 0 Å². The lowest BCUT2D eigenvalue weighted by Gasteiger charge is -2.25. The summed E-state index contributed by atoms with van der Waals surface area (Å²) < 4.78 is 14.2. The molecule has 0 unspecified atom stereocenters. The Balaban J connectivity index is 2.32. The molecule has 3 aromatic rings. The number of methoxy groups -OCH3 is 1. The first-order valence-corrected chi connectivity index (χ1v) is 11.5. The first kappa shape index (κ1) is 24.3. The van der Waals surface area contributed by atoms with Crippen molar-refractivity contribution in [2.24, 2.45) is 5.41 Å². The molecule has 172 valence electrons. The van der Waals surface area contributed by atoms with Gasteiger partial charge >= 0.3 is 5.97 Å². The smallest absolute Gasteiger partial charge is 0.302 e. The maximum Gasteiger partial charge on any atom is 0.302 e. The van der Waals surface area contributed by atoms with E-state index in [-0.39, 0.29) is 23.2 Å². The van der Waals surface area contributed by atoms with Gasteiger partial charge in [0.2, 0.25) is 0 Å². The lowest BCUT2D eigenvalue weighted by atomic mass is 9.84. The van der Waals surface area contributed by atoms with Crippen LogP contribution in [0.1, 0.15) is 52.0 Å². The summed E-state index contributed by atoms with van der Waals surface area (Å²) in [7, 11) is 1.65. The Morgan fingerprint density at radius 1 is 1.31 bits per heavy atom. The molecule has 0 bridgehead atoms. The molecule has 0 spiro atoms. The Morgan fingerprint density at radius 3 is 2.66 bits per heavy atom. The van der Waals surface area contributed by atoms with Gasteiger partial charge < -0.3 is 19.1 Å². The van der Waals surface area contributed by atoms with Gasteiger partial charge in [-0.15, -0.1) is 0 Å². The van der Waals surface area contributed by atoms with Crippen LogP contribution in [-0.4, -0.2) is 34.3 Å². The van der Waals surface area contributed by atoms with Crippen molar-refractivity contribution < 1.29 is 19.4 Å². The summed E-state index contributed by atoms with van der Waals surface area (Å²) in [6.45, 7) is 10.7. The van der Waals surface area contributed by atoms with Crippen molar-refractivity contribution in [3.63, 3.8) is 0 Å². The van der Waals surface area contributed by atoms with Gasteiger partial charge in [0.05, 0.1) is 30.3 Å². The summed E-state index contributed by atoms with van der Waals surface area (Å²) in [6.07, 6.45) is 1.88. The topological polar surface area (TPSA) is 73.6 Å². The third-order valence-electron chi connectivity index (χ3n) is 5.67. The van der Waals surface area contributed by atoms with Gasteiger partial charge in [-0.1, -0.05) is 29.8 Å². The number of fused-ring (bicyclic) bond motifs is 1. The summed E-state index contributed by atoms with van der Waals surface area (Å²) in [4.78, 5) is 16.0. The standard InChI is InChI=1S/C25H31BrN2O4/c1-7-28-22-9-8-17(26)10-19(22)21(12-25(4,5)14-32-16(3)29)24(28)20-11-18(30)13-27-23(20)15(2)31-6/h8-11,13,15,30H,7,12,14H2,1-6H3/t15-/m0/s1. The van der Waals surface area contributed by atoms with Crippen LogP contribution in [0.4, 0.5) is 0 Å². The molecular weight excluding hydrogens is 472 g/mol. The van der Waals surface area contributed by atoms with Crippen molar-refractivity contribution in [1.82, 2.24) is 9.55 Å². The molecule has 1 N–H and O–H groups in total. The van der Waals surface area contributed by atoms with Crippen LogP contribution in [-0.2, 0) is 27.2 Å². The molecule has 0 fully saturated rings. The number of aromatic hydroxyl groups is 1. The van der Waals surface area contributed by atoms with Gasteiger partial charge in [0.15, 0.2) is 0 Å². The van der Waals surface area contributed by atoms with E-state index >= 15 is 0 Å². The van der Waals surface area contributed by atoms with Crippen LogP contribution in [0.25, 0.3) is 22.2 Å². The van der Waals surface area contributed by atoms with Crippen molar-refractivity contribution in [2.75, 3.05) is 13.7 Å². The molecule has 0 saturated carbocycles. The number of aromatic nitrogens is 2. The summed E-state index contributed by atoms with van der Waals surface area (Å²) in [5.74, 6) is -0.184. The monoisotopic (exact) mass is 502 g/mol. The van der Waals surface area contributed by atoms with E-state index in [1.165, 1.54) is 13.1 Å². The highest BCUT2D eigenvalue weighted by atomic mass is 79.9. The number of esters is 1. The zero-order valence-corrected chi connectivity index (χ0v) is 21.1. The van der Waals surface area contributed by atoms with Gasteiger partial charge in [0.25, 0.3) is 0 Å². The number of aryl methyl sites for hydroxylation is 1. The normalized spacial score (nSPS) is 12.8. The highest BCUT2D eigenvalue weighted by molar-refractivity contribution is 9.10. The number of carbonyl (C=O) groups is 1. The molecule has 2 heterocycles. The third kappa shape index (κ3) is 4.99. The van der Waals surface area contributed by atoms with Gasteiger partial charge in [-0.25, -0.2) is 0 Å². The van der Waals surface area contributed by atoms with Gasteiger partial charge in [0, 0.05) is 46.9 Å². The first-order valence-electron chi connectivity index (χ1n) is 10.7. The maximum atomic E-state index is 11.4. The highest BCUT2D eigenvalue weighted by Crippen LogP contribution is 2.42. The molecular formula is C25H31BrN2O4. The van der Waals surface area contributed by atoms with Crippen molar-refractivity contribution in [1.29, 1.82) is 0 Å². The fourth-order valence-corrected chi connectivity index (χ4v) is 4.49. The van der Waals surface area contributed by atoms with E-state index in [1.807, 2.05) is 13.0 Å². The zero-order chi connectivity index (χ0) is 23.6. The Bertz CT molecular complexity index is 1140. The molecule has 32 heavy (non-hydrogen) atoms. The quantitative estimate of drug-likeness (QED) is 0.380. The number of benzene rings is 1. The number of nitrogens with zero attached hydrogens (tertiary/aromatic N) is 2. The average Bonchev–Trinajstić information content (AvgIpc) is 3.03. The predicted molar refractivity (Wildman–Crippen MR) is 130 cm³/mol. The average molecular weight is 503 g/mol. The van der Waals surface area contributed by atoms with E-state index in [0.717, 1.165) is 44.4 Å². The summed E-state index contributed by atoms with van der Waals surface area (Å²) >= 11 is 3.62. The Labute approximate surface area is 197 Å². The molecule has 0 aliphatic carbocycles. The van der Waals surface area contributed by atoms with E-state index in [2.05, 4.69) is 58.4 Å². The van der Waals surface area contributed by atoms with Crippen LogP contribution < -0.4 is 0 Å². The van der Waals surface area contributed by atoms with Crippen LogP contribution in [0.15, 0.2) is 34.9 Å². The van der Waals surface area contributed by atoms with Gasteiger partial charge in [-0.05, 0) is 50.1 Å². The van der Waals surface area contributed by atoms with Crippen LogP contribution in [0.3, 0.4) is 0 Å². The Hall–Kier alpha value is -2.38. The Kier molecular flexibility index (Phi) is 7.30. The van der Waals surface area contributed by atoms with E-state index in [4.69, 9.17) is 9.47 Å². The largest absolute Gasteiger partial charge is 0.506 e. The zero-order valence-electron chi connectivity index (χ0n) is 19.5. The second kappa shape index (κ2) is 9.63.